The van der Waals surface area contributed by atoms with Crippen LogP contribution in [0.2, 0.25) is 0 Å². The third kappa shape index (κ3) is 26.8. The molecule has 0 saturated carbocycles. The van der Waals surface area contributed by atoms with Crippen LogP contribution < -0.4 is 0 Å². The first-order chi connectivity index (χ1) is 39.9. The number of hydrogen-bond donors (Lipinski definition) is 0. The number of carbonyl (C=O) groups excluding carboxylic acids is 5. The lowest BCUT2D eigenvalue weighted by Crippen LogP contribution is -2.47. The fourth-order valence-corrected chi connectivity index (χ4v) is 12.3. The summed E-state index contributed by atoms with van der Waals surface area (Å²) in [4.78, 5) is 69.8. The number of hydrogen-bond acceptors (Lipinski definition) is 10. The van der Waals surface area contributed by atoms with Crippen LogP contribution in [0.1, 0.15) is 258 Å². The highest BCUT2D eigenvalue weighted by atomic mass is 79.9. The molecule has 0 saturated heterocycles. The molecule has 2 aliphatic rings. The Labute approximate surface area is 504 Å². The van der Waals surface area contributed by atoms with E-state index in [1.807, 2.05) is 36.3 Å². The Morgan fingerprint density at radius 3 is 1.61 bits per heavy atom. The molecule has 1 aromatic heterocycles. The molecule has 462 valence electrons. The minimum atomic E-state index is -0.896. The van der Waals surface area contributed by atoms with E-state index in [9.17, 15) is 24.0 Å². The van der Waals surface area contributed by atoms with Gasteiger partial charge in [-0.05, 0) is 143 Å². The van der Waals surface area contributed by atoms with Gasteiger partial charge < -0.3 is 28.4 Å². The molecule has 3 atom stereocenters. The summed E-state index contributed by atoms with van der Waals surface area (Å²) in [7, 11) is 2.10. The summed E-state index contributed by atoms with van der Waals surface area (Å²) in [6.07, 6.45) is 45.0. The monoisotopic (exact) mass is 1200 g/mol. The van der Waals surface area contributed by atoms with E-state index in [4.69, 9.17) is 18.9 Å². The SMILES string of the molecule is CCCCCCCC/C=C\CCCCCCCC(=O)OCC(COC(=O)CCCCCCC/C=C\CCCCCCCC)OC(=O)CC(C)CCCCC(=O)OCn1c(Br)c2c3c(cccc31)C1=C[C@@H](C(=O)N(CC)CC)CN(C)C1C2. The number of benzene rings is 1. The number of nitrogens with zero attached hydrogens (tertiary/aromatic N) is 3. The van der Waals surface area contributed by atoms with E-state index in [-0.39, 0.29) is 74.5 Å². The van der Waals surface area contributed by atoms with Crippen LogP contribution in [0.15, 0.2) is 53.2 Å². The normalized spacial score (nSPS) is 15.5. The van der Waals surface area contributed by atoms with Crippen LogP contribution in [-0.2, 0) is 56.1 Å². The number of aromatic nitrogens is 1. The number of halogens is 1. The Hall–Kier alpha value is -4.23. The summed E-state index contributed by atoms with van der Waals surface area (Å²) >= 11 is 3.87. The summed E-state index contributed by atoms with van der Waals surface area (Å²) in [6, 6.07) is 6.38. The quantitative estimate of drug-likeness (QED) is 0.0273. The number of fused-ring (bicyclic) bond motifs is 2. The van der Waals surface area contributed by atoms with Gasteiger partial charge in [0.1, 0.15) is 13.2 Å². The van der Waals surface area contributed by atoms with E-state index in [1.54, 1.807) is 0 Å². The Kier molecular flexibility index (Phi) is 36.5. The van der Waals surface area contributed by atoms with Gasteiger partial charge >= 0.3 is 23.9 Å². The number of allylic oxidation sites excluding steroid dienone is 4. The first-order valence-corrected chi connectivity index (χ1v) is 33.7. The molecule has 2 heterocycles. The standard InChI is InChI=1S/C69H110BrN3O9/c1-7-11-13-15-17-19-21-23-25-27-29-31-33-35-37-45-63(74)79-52-57(53-80-64(75)46-38-36-34-32-30-28-26-24-22-20-18-16-14-12-8-2)82-66(77)48-55(5)42-39-40-47-65(76)81-54-73-61-44-41-43-58-59-49-56(69(78)72(9-3)10-4)51-71(6)62(59)50-60(67(58)61)68(73)70/h23-26,41,43-44,49,55-57,62H,7-22,27-40,42,45-48,50-54H2,1-6H3/b25-23-,26-24-/t55?,56-,62?/m1/s1. The maximum atomic E-state index is 13.5. The van der Waals surface area contributed by atoms with E-state index >= 15 is 0 Å². The van der Waals surface area contributed by atoms with Crippen molar-refractivity contribution in [3.63, 3.8) is 0 Å². The lowest BCUT2D eigenvalue weighted by molar-refractivity contribution is -0.167. The number of unbranched alkanes of at least 4 members (excludes halogenated alkanes) is 23. The van der Waals surface area contributed by atoms with Crippen LogP contribution in [0.4, 0.5) is 0 Å². The molecule has 12 nitrogen and oxygen atoms in total. The first-order valence-electron chi connectivity index (χ1n) is 32.9. The van der Waals surface area contributed by atoms with E-state index in [1.165, 1.54) is 101 Å². The van der Waals surface area contributed by atoms with Crippen molar-refractivity contribution < 1.29 is 42.9 Å². The van der Waals surface area contributed by atoms with Gasteiger partial charge in [-0.15, -0.1) is 0 Å². The maximum Gasteiger partial charge on any atom is 0.307 e. The zero-order valence-electron chi connectivity index (χ0n) is 52.1. The van der Waals surface area contributed by atoms with E-state index in [0.717, 1.165) is 111 Å². The molecule has 1 aliphatic carbocycles. The van der Waals surface area contributed by atoms with E-state index in [0.29, 0.717) is 45.3 Å². The van der Waals surface area contributed by atoms with Crippen molar-refractivity contribution >= 4 is 62.2 Å². The Bertz CT molecular complexity index is 2190. The van der Waals surface area contributed by atoms with Gasteiger partial charge in [0.05, 0.1) is 16.0 Å². The molecule has 82 heavy (non-hydrogen) atoms. The number of rotatable bonds is 47. The Balaban J connectivity index is 1.17. The van der Waals surface area contributed by atoms with Crippen molar-refractivity contribution in [3.05, 3.63) is 64.3 Å². The van der Waals surface area contributed by atoms with Crippen LogP contribution in [0.25, 0.3) is 16.5 Å². The molecule has 0 radical (unpaired) electrons. The van der Waals surface area contributed by atoms with Gasteiger partial charge in [0, 0.05) is 56.7 Å². The molecule has 2 unspecified atom stereocenters. The molecule has 1 aliphatic heterocycles. The zero-order chi connectivity index (χ0) is 59.2. The summed E-state index contributed by atoms with van der Waals surface area (Å²) in [5.74, 6) is -1.48. The minimum Gasteiger partial charge on any atom is -0.462 e. The van der Waals surface area contributed by atoms with Crippen molar-refractivity contribution in [2.45, 2.75) is 272 Å². The number of carbonyl (C=O) groups is 5. The van der Waals surface area contributed by atoms with Crippen LogP contribution in [0, 0.1) is 11.8 Å². The second-order valence-corrected chi connectivity index (χ2v) is 24.4. The van der Waals surface area contributed by atoms with Gasteiger partial charge in [-0.25, -0.2) is 0 Å². The third-order valence-electron chi connectivity index (χ3n) is 16.6. The summed E-state index contributed by atoms with van der Waals surface area (Å²) < 4.78 is 25.8. The molecule has 0 N–H and O–H groups in total. The largest absolute Gasteiger partial charge is 0.462 e. The van der Waals surface area contributed by atoms with Gasteiger partial charge in [-0.2, -0.15) is 0 Å². The third-order valence-corrected chi connectivity index (χ3v) is 17.5. The molecule has 1 aromatic carbocycles. The van der Waals surface area contributed by atoms with Gasteiger partial charge in [0.15, 0.2) is 12.8 Å². The Morgan fingerprint density at radius 2 is 1.10 bits per heavy atom. The fraction of sp³-hybridized carbons (Fsp3) is 0.725. The van der Waals surface area contributed by atoms with Gasteiger partial charge in [0.2, 0.25) is 5.91 Å². The van der Waals surface area contributed by atoms with Gasteiger partial charge in [0.25, 0.3) is 0 Å². The van der Waals surface area contributed by atoms with Crippen LogP contribution in [0.5, 0.6) is 0 Å². The second kappa shape index (κ2) is 42.6. The van der Waals surface area contributed by atoms with Gasteiger partial charge in [-0.3, -0.25) is 28.9 Å². The molecular weight excluding hydrogens is 1090 g/mol. The molecular formula is C69H110BrN3O9. The van der Waals surface area contributed by atoms with Crippen molar-refractivity contribution in [1.82, 2.24) is 14.4 Å². The number of esters is 4. The second-order valence-electron chi connectivity index (χ2n) is 23.6. The van der Waals surface area contributed by atoms with E-state index in [2.05, 4.69) is 84.2 Å². The number of ether oxygens (including phenoxy) is 4. The van der Waals surface area contributed by atoms with Crippen LogP contribution in [-0.4, -0.2) is 96.2 Å². The average molecular weight is 1210 g/mol. The average Bonchev–Trinajstić information content (AvgIpc) is 2.09. The Morgan fingerprint density at radius 1 is 0.622 bits per heavy atom. The highest BCUT2D eigenvalue weighted by Crippen LogP contribution is 2.45. The molecule has 1 amide bonds. The molecule has 0 bridgehead atoms. The predicted molar refractivity (Wildman–Crippen MR) is 338 cm³/mol. The van der Waals surface area contributed by atoms with Gasteiger partial charge in [-0.1, -0.05) is 179 Å². The van der Waals surface area contributed by atoms with Crippen LogP contribution in [0.3, 0.4) is 0 Å². The smallest absolute Gasteiger partial charge is 0.307 e. The fourth-order valence-electron chi connectivity index (χ4n) is 11.6. The molecule has 4 rings (SSSR count). The molecule has 0 spiro atoms. The number of likely N-dealkylation sites (N-methyl/N-ethyl adjacent to an activating group) is 1. The summed E-state index contributed by atoms with van der Waals surface area (Å²) in [5.41, 5.74) is 4.46. The van der Waals surface area contributed by atoms with Crippen LogP contribution >= 0.6 is 15.9 Å². The summed E-state index contributed by atoms with van der Waals surface area (Å²) in [5, 5.41) is 1.13. The molecule has 2 aromatic rings. The highest BCUT2D eigenvalue weighted by molar-refractivity contribution is 9.10. The molecule has 13 heteroatoms. The predicted octanol–water partition coefficient (Wildman–Crippen LogP) is 17.3. The van der Waals surface area contributed by atoms with E-state index < -0.39 is 12.1 Å². The highest BCUT2D eigenvalue weighted by Gasteiger charge is 2.38. The van der Waals surface area contributed by atoms with Crippen molar-refractivity contribution in [3.8, 4) is 0 Å². The lowest BCUT2D eigenvalue weighted by atomic mass is 9.79. The maximum absolute atomic E-state index is 13.5. The summed E-state index contributed by atoms with van der Waals surface area (Å²) in [6.45, 7) is 12.3. The lowest BCUT2D eigenvalue weighted by Gasteiger charge is -2.40. The first kappa shape index (κ1) is 70.3. The minimum absolute atomic E-state index is 0.0238. The van der Waals surface area contributed by atoms with Crippen molar-refractivity contribution in [1.29, 1.82) is 0 Å². The van der Waals surface area contributed by atoms with Crippen molar-refractivity contribution in [2.24, 2.45) is 11.8 Å². The number of amides is 1. The van der Waals surface area contributed by atoms with Crippen molar-refractivity contribution in [2.75, 3.05) is 39.9 Å². The molecule has 0 fully saturated rings. The zero-order valence-corrected chi connectivity index (χ0v) is 53.7. The topological polar surface area (TPSA) is 134 Å².